The molecule has 47 heavy (non-hydrogen) atoms. The van der Waals surface area contributed by atoms with Gasteiger partial charge in [0.25, 0.3) is 0 Å². The summed E-state index contributed by atoms with van der Waals surface area (Å²) in [5.41, 5.74) is 12.3. The van der Waals surface area contributed by atoms with Crippen LogP contribution >= 0.6 is 0 Å². The van der Waals surface area contributed by atoms with Crippen LogP contribution in [0.5, 0.6) is 0 Å². The number of hydrogen-bond donors (Lipinski definition) is 0. The molecule has 3 heteroatoms. The highest BCUT2D eigenvalue weighted by Crippen LogP contribution is 2.52. The highest BCUT2D eigenvalue weighted by atomic mass is 14.9. The number of rotatable bonds is 4. The van der Waals surface area contributed by atoms with E-state index >= 15 is 0 Å². The quantitative estimate of drug-likeness (QED) is 0.201. The molecule has 0 saturated carbocycles. The number of aromatic nitrogens is 3. The molecule has 1 aliphatic carbocycles. The second-order valence-corrected chi connectivity index (χ2v) is 12.8. The smallest absolute Gasteiger partial charge is 0.161 e. The third kappa shape index (κ3) is 4.39. The Morgan fingerprint density at radius 2 is 1.11 bits per heavy atom. The topological polar surface area (TPSA) is 38.7 Å². The van der Waals surface area contributed by atoms with Gasteiger partial charge in [0.15, 0.2) is 5.82 Å². The summed E-state index contributed by atoms with van der Waals surface area (Å²) in [5, 5.41) is 4.93. The lowest BCUT2D eigenvalue weighted by atomic mass is 9.79. The Balaban J connectivity index is 1.21. The van der Waals surface area contributed by atoms with Crippen LogP contribution in [0, 0.1) is 0 Å². The molecule has 2 aromatic heterocycles. The summed E-state index contributed by atoms with van der Waals surface area (Å²) in [6.07, 6.45) is 1.81. The van der Waals surface area contributed by atoms with E-state index in [1.807, 2.05) is 48.7 Å². The maximum absolute atomic E-state index is 5.13. The van der Waals surface area contributed by atoms with Crippen molar-refractivity contribution in [3.63, 3.8) is 0 Å². The van der Waals surface area contributed by atoms with Gasteiger partial charge in [-0.25, -0.2) is 9.97 Å². The van der Waals surface area contributed by atoms with Crippen LogP contribution in [0.4, 0.5) is 0 Å². The van der Waals surface area contributed by atoms with Crippen molar-refractivity contribution in [2.24, 2.45) is 0 Å². The van der Waals surface area contributed by atoms with E-state index < -0.39 is 0 Å². The summed E-state index contributed by atoms with van der Waals surface area (Å²) in [6.45, 7) is 4.73. The van der Waals surface area contributed by atoms with Crippen LogP contribution in [0.3, 0.4) is 0 Å². The van der Waals surface area contributed by atoms with Crippen molar-refractivity contribution in [2.75, 3.05) is 0 Å². The zero-order valence-corrected chi connectivity index (χ0v) is 26.3. The second-order valence-electron chi connectivity index (χ2n) is 12.8. The zero-order chi connectivity index (χ0) is 31.5. The Morgan fingerprint density at radius 3 is 1.91 bits per heavy atom. The fraction of sp³-hybridized carbons (Fsp3) is 0.0682. The molecule has 0 fully saturated rings. The van der Waals surface area contributed by atoms with Gasteiger partial charge in [-0.05, 0) is 85.3 Å². The molecule has 0 N–H and O–H groups in total. The van der Waals surface area contributed by atoms with Gasteiger partial charge in [-0.15, -0.1) is 0 Å². The van der Waals surface area contributed by atoms with Crippen LogP contribution in [0.15, 0.2) is 152 Å². The van der Waals surface area contributed by atoms with Crippen LogP contribution in [0.1, 0.15) is 25.0 Å². The molecule has 0 bridgehead atoms. The minimum Gasteiger partial charge on any atom is -0.255 e. The normalized spacial score (nSPS) is 13.1. The predicted octanol–water partition coefficient (Wildman–Crippen LogP) is 11.2. The van der Waals surface area contributed by atoms with Crippen LogP contribution in [0.25, 0.3) is 77.8 Å². The van der Waals surface area contributed by atoms with Crippen molar-refractivity contribution in [1.29, 1.82) is 0 Å². The van der Waals surface area contributed by atoms with Crippen LogP contribution in [0.2, 0.25) is 0 Å². The molecule has 3 nitrogen and oxygen atoms in total. The van der Waals surface area contributed by atoms with E-state index in [4.69, 9.17) is 9.97 Å². The van der Waals surface area contributed by atoms with Gasteiger partial charge in [0.05, 0.1) is 17.1 Å². The van der Waals surface area contributed by atoms with Gasteiger partial charge in [0, 0.05) is 22.7 Å². The van der Waals surface area contributed by atoms with E-state index in [0.717, 1.165) is 33.6 Å². The Bertz CT molecular complexity index is 2420. The third-order valence-electron chi connectivity index (χ3n) is 9.74. The minimum absolute atomic E-state index is 0.120. The first kappa shape index (κ1) is 27.4. The summed E-state index contributed by atoms with van der Waals surface area (Å²) in [5.74, 6) is 0.687. The van der Waals surface area contributed by atoms with Crippen molar-refractivity contribution >= 4 is 21.5 Å². The molecule has 8 aromatic rings. The monoisotopic (exact) mass is 601 g/mol. The van der Waals surface area contributed by atoms with Gasteiger partial charge in [-0.1, -0.05) is 129 Å². The number of hydrogen-bond acceptors (Lipinski definition) is 3. The molecular weight excluding hydrogens is 571 g/mol. The molecule has 0 radical (unpaired) electrons. The Hall–Kier alpha value is -5.93. The number of benzene rings is 6. The lowest BCUT2D eigenvalue weighted by Gasteiger charge is -2.24. The van der Waals surface area contributed by atoms with Crippen molar-refractivity contribution in [1.82, 2.24) is 15.0 Å². The van der Waals surface area contributed by atoms with Crippen molar-refractivity contribution in [2.45, 2.75) is 19.3 Å². The average molecular weight is 602 g/mol. The number of nitrogens with zero attached hydrogens (tertiary/aromatic N) is 3. The Morgan fingerprint density at radius 1 is 0.447 bits per heavy atom. The molecule has 0 atom stereocenters. The summed E-state index contributed by atoms with van der Waals surface area (Å²) in [6, 6.07) is 51.6. The standard InChI is InChI=1S/C44H31N3/c1-44(2)38-26-30(20-21-35(38)36-22-19-28-12-6-7-15-32(28)42(36)44)31-23-24-37(34-17-9-8-16-33(31)34)43-46-40(29-13-4-3-5-14-29)27-41(47-43)39-18-10-11-25-45-39/h3-27H,1-2H3. The number of fused-ring (bicyclic) bond motifs is 6. The summed E-state index contributed by atoms with van der Waals surface area (Å²) in [4.78, 5) is 14.8. The van der Waals surface area contributed by atoms with Gasteiger partial charge in [-0.3, -0.25) is 4.98 Å². The molecule has 222 valence electrons. The van der Waals surface area contributed by atoms with Crippen LogP contribution in [-0.2, 0) is 5.41 Å². The van der Waals surface area contributed by atoms with Crippen molar-refractivity contribution in [3.05, 3.63) is 163 Å². The molecule has 0 aliphatic heterocycles. The molecule has 2 heterocycles. The second kappa shape index (κ2) is 10.6. The maximum Gasteiger partial charge on any atom is 0.161 e. The molecule has 0 saturated heterocycles. The summed E-state index contributed by atoms with van der Waals surface area (Å²) < 4.78 is 0. The van der Waals surface area contributed by atoms with Gasteiger partial charge >= 0.3 is 0 Å². The van der Waals surface area contributed by atoms with E-state index in [1.54, 1.807) is 0 Å². The fourth-order valence-corrected chi connectivity index (χ4v) is 7.48. The van der Waals surface area contributed by atoms with Gasteiger partial charge in [0.1, 0.15) is 0 Å². The van der Waals surface area contributed by atoms with Crippen molar-refractivity contribution < 1.29 is 0 Å². The largest absolute Gasteiger partial charge is 0.255 e. The number of pyridine rings is 1. The molecule has 6 aromatic carbocycles. The minimum atomic E-state index is -0.120. The van der Waals surface area contributed by atoms with E-state index in [9.17, 15) is 0 Å². The van der Waals surface area contributed by atoms with E-state index in [0.29, 0.717) is 5.82 Å². The fourth-order valence-electron chi connectivity index (χ4n) is 7.48. The van der Waals surface area contributed by atoms with Gasteiger partial charge in [0.2, 0.25) is 0 Å². The molecular formula is C44H31N3. The van der Waals surface area contributed by atoms with E-state index in [1.165, 1.54) is 49.5 Å². The lowest BCUT2D eigenvalue weighted by molar-refractivity contribution is 0.666. The zero-order valence-electron chi connectivity index (χ0n) is 26.3. The van der Waals surface area contributed by atoms with E-state index in [-0.39, 0.29) is 5.41 Å². The maximum atomic E-state index is 5.13. The van der Waals surface area contributed by atoms with E-state index in [2.05, 4.69) is 122 Å². The predicted molar refractivity (Wildman–Crippen MR) is 194 cm³/mol. The SMILES string of the molecule is CC1(C)c2cc(-c3ccc(-c4nc(-c5ccccc5)cc(-c5ccccn5)n4)c4ccccc34)ccc2-c2ccc3ccccc3c21. The van der Waals surface area contributed by atoms with Gasteiger partial charge in [-0.2, -0.15) is 0 Å². The van der Waals surface area contributed by atoms with Crippen LogP contribution in [-0.4, -0.2) is 15.0 Å². The first-order valence-corrected chi connectivity index (χ1v) is 16.1. The molecule has 0 spiro atoms. The highest BCUT2D eigenvalue weighted by molar-refractivity contribution is 6.05. The molecule has 9 rings (SSSR count). The molecule has 0 amide bonds. The first-order chi connectivity index (χ1) is 23.1. The molecule has 0 unspecified atom stereocenters. The summed E-state index contributed by atoms with van der Waals surface area (Å²) in [7, 11) is 0. The first-order valence-electron chi connectivity index (χ1n) is 16.1. The van der Waals surface area contributed by atoms with Gasteiger partial charge < -0.3 is 0 Å². The lowest BCUT2D eigenvalue weighted by Crippen LogP contribution is -2.15. The average Bonchev–Trinajstić information content (AvgIpc) is 3.37. The Kier molecular flexibility index (Phi) is 6.16. The van der Waals surface area contributed by atoms with Crippen molar-refractivity contribution in [3.8, 4) is 56.3 Å². The Labute approximate surface area is 274 Å². The molecule has 1 aliphatic rings. The summed E-state index contributed by atoms with van der Waals surface area (Å²) >= 11 is 0. The highest BCUT2D eigenvalue weighted by Gasteiger charge is 2.37. The third-order valence-corrected chi connectivity index (χ3v) is 9.74. The van der Waals surface area contributed by atoms with Crippen LogP contribution < -0.4 is 0 Å².